The maximum Gasteiger partial charge on any atom is 0.411 e. The van der Waals surface area contributed by atoms with E-state index in [0.717, 1.165) is 43.6 Å². The van der Waals surface area contributed by atoms with Gasteiger partial charge in [-0.05, 0) is 80.6 Å². The van der Waals surface area contributed by atoms with Gasteiger partial charge in [0.05, 0.1) is 17.3 Å². The minimum absolute atomic E-state index is 0.0300. The van der Waals surface area contributed by atoms with Crippen molar-refractivity contribution in [1.82, 2.24) is 20.1 Å². The predicted molar refractivity (Wildman–Crippen MR) is 209 cm³/mol. The number of carbonyl (C=O) groups excluding carboxylic acids is 1. The van der Waals surface area contributed by atoms with Crippen LogP contribution in [0.4, 0.5) is 14.9 Å². The molecule has 0 bridgehead atoms. The Hall–Kier alpha value is -5.07. The van der Waals surface area contributed by atoms with Gasteiger partial charge in [0.2, 0.25) is 5.56 Å². The van der Waals surface area contributed by atoms with E-state index in [2.05, 4.69) is 25.4 Å². The van der Waals surface area contributed by atoms with Crippen molar-refractivity contribution in [3.8, 4) is 16.9 Å². The summed E-state index contributed by atoms with van der Waals surface area (Å²) in [5.41, 5.74) is 4.71. The SMILES string of the molecule is O=C(Nc1ccccc1-c1ccccc1)OC1CCN(Cc2cccc(CN3CCC(CNC[C@@H](O)c4ccc(O)c5[nH]c(=O)ccc45)CC3)c2F)CC1. The van der Waals surface area contributed by atoms with Crippen molar-refractivity contribution in [3.63, 3.8) is 0 Å². The summed E-state index contributed by atoms with van der Waals surface area (Å²) >= 11 is 0. The molecular weight excluding hydrogens is 686 g/mol. The number of amides is 1. The maximum absolute atomic E-state index is 15.8. The first-order valence-corrected chi connectivity index (χ1v) is 18.9. The van der Waals surface area contributed by atoms with Gasteiger partial charge in [-0.3, -0.25) is 19.9 Å². The van der Waals surface area contributed by atoms with Gasteiger partial charge in [-0.2, -0.15) is 0 Å². The molecule has 2 aliphatic heterocycles. The minimum atomic E-state index is -0.797. The van der Waals surface area contributed by atoms with Gasteiger partial charge in [-0.15, -0.1) is 0 Å². The van der Waals surface area contributed by atoms with E-state index in [0.29, 0.717) is 84.8 Å². The fraction of sp³-hybridized carbons (Fsp3) is 0.349. The third-order valence-electron chi connectivity index (χ3n) is 10.7. The van der Waals surface area contributed by atoms with Gasteiger partial charge in [0.1, 0.15) is 17.7 Å². The molecule has 54 heavy (non-hydrogen) atoms. The number of fused-ring (bicyclic) bond motifs is 1. The van der Waals surface area contributed by atoms with E-state index in [-0.39, 0.29) is 23.2 Å². The van der Waals surface area contributed by atoms with Gasteiger partial charge in [-0.1, -0.05) is 72.8 Å². The predicted octanol–water partition coefficient (Wildman–Crippen LogP) is 6.79. The zero-order valence-electron chi connectivity index (χ0n) is 30.3. The molecule has 0 unspecified atom stereocenters. The molecule has 7 rings (SSSR count). The van der Waals surface area contributed by atoms with Gasteiger partial charge in [0.15, 0.2) is 0 Å². The molecule has 282 valence electrons. The molecule has 11 heteroatoms. The highest BCUT2D eigenvalue weighted by atomic mass is 19.1. The van der Waals surface area contributed by atoms with E-state index < -0.39 is 12.2 Å². The van der Waals surface area contributed by atoms with Crippen LogP contribution in [0.2, 0.25) is 0 Å². The smallest absolute Gasteiger partial charge is 0.411 e. The first-order chi connectivity index (χ1) is 26.3. The number of H-pyrrole nitrogens is 1. The maximum atomic E-state index is 15.8. The van der Waals surface area contributed by atoms with Crippen LogP contribution >= 0.6 is 0 Å². The Morgan fingerprint density at radius 2 is 1.50 bits per heavy atom. The van der Waals surface area contributed by atoms with Crippen molar-refractivity contribution < 1.29 is 24.1 Å². The highest BCUT2D eigenvalue weighted by molar-refractivity contribution is 5.91. The molecule has 1 amide bonds. The van der Waals surface area contributed by atoms with E-state index >= 15 is 4.39 Å². The number of piperidine rings is 2. The third-order valence-corrected chi connectivity index (χ3v) is 10.7. The first kappa shape index (κ1) is 37.3. The van der Waals surface area contributed by atoms with E-state index in [4.69, 9.17) is 4.74 Å². The molecule has 0 spiro atoms. The average Bonchev–Trinajstić information content (AvgIpc) is 3.18. The number of rotatable bonds is 12. The summed E-state index contributed by atoms with van der Waals surface area (Å²) in [5, 5.41) is 28.0. The van der Waals surface area contributed by atoms with Crippen LogP contribution in [-0.4, -0.2) is 76.5 Å². The fourth-order valence-corrected chi connectivity index (χ4v) is 7.73. The molecule has 0 aliphatic carbocycles. The van der Waals surface area contributed by atoms with Crippen molar-refractivity contribution in [2.45, 2.75) is 51.0 Å². The molecule has 3 heterocycles. The number of aliphatic hydroxyl groups excluding tert-OH is 1. The van der Waals surface area contributed by atoms with Crippen LogP contribution in [0.3, 0.4) is 0 Å². The van der Waals surface area contributed by atoms with Gasteiger partial charge in [0, 0.05) is 60.9 Å². The number of aromatic nitrogens is 1. The largest absolute Gasteiger partial charge is 0.506 e. The molecule has 0 saturated carbocycles. The highest BCUT2D eigenvalue weighted by Gasteiger charge is 2.25. The fourth-order valence-electron chi connectivity index (χ4n) is 7.73. The number of anilines is 1. The second kappa shape index (κ2) is 17.4. The van der Waals surface area contributed by atoms with Crippen LogP contribution in [0.1, 0.15) is 48.5 Å². The number of aliphatic hydroxyl groups is 1. The Kier molecular flexibility index (Phi) is 12.0. The molecule has 1 aromatic heterocycles. The summed E-state index contributed by atoms with van der Waals surface area (Å²) in [5.74, 6) is 0.272. The number of carbonyl (C=O) groups is 1. The molecule has 5 N–H and O–H groups in total. The van der Waals surface area contributed by atoms with E-state index in [1.807, 2.05) is 72.8 Å². The third kappa shape index (κ3) is 9.17. The van der Waals surface area contributed by atoms with Crippen molar-refractivity contribution in [1.29, 1.82) is 0 Å². The summed E-state index contributed by atoms with van der Waals surface area (Å²) in [6, 6.07) is 29.5. The number of halogens is 1. The lowest BCUT2D eigenvalue weighted by Gasteiger charge is -2.33. The lowest BCUT2D eigenvalue weighted by atomic mass is 9.96. The molecule has 1 atom stereocenters. The Morgan fingerprint density at radius 1 is 0.833 bits per heavy atom. The highest BCUT2D eigenvalue weighted by Crippen LogP contribution is 2.30. The molecule has 2 saturated heterocycles. The zero-order chi connectivity index (χ0) is 37.4. The molecule has 10 nitrogen and oxygen atoms in total. The Morgan fingerprint density at radius 3 is 2.22 bits per heavy atom. The number of nitrogens with zero attached hydrogens (tertiary/aromatic N) is 2. The van der Waals surface area contributed by atoms with Crippen LogP contribution in [0.15, 0.2) is 102 Å². The summed E-state index contributed by atoms with van der Waals surface area (Å²) < 4.78 is 21.6. The Labute approximate surface area is 314 Å². The monoisotopic (exact) mass is 733 g/mol. The summed E-state index contributed by atoms with van der Waals surface area (Å²) in [4.78, 5) is 31.7. The molecule has 5 aromatic rings. The number of aromatic hydroxyl groups is 1. The van der Waals surface area contributed by atoms with E-state index in [1.54, 1.807) is 12.1 Å². The lowest BCUT2D eigenvalue weighted by Crippen LogP contribution is -2.38. The van der Waals surface area contributed by atoms with Crippen LogP contribution in [0, 0.1) is 11.7 Å². The number of nitrogens with one attached hydrogen (secondary N) is 3. The Bertz CT molecular complexity index is 2090. The van der Waals surface area contributed by atoms with Crippen molar-refractivity contribution in [2.75, 3.05) is 44.6 Å². The average molecular weight is 734 g/mol. The van der Waals surface area contributed by atoms with Crippen LogP contribution < -0.4 is 16.2 Å². The van der Waals surface area contributed by atoms with Gasteiger partial charge in [0.25, 0.3) is 0 Å². The number of phenolic OH excluding ortho intramolecular Hbond substituents is 1. The number of phenols is 1. The molecule has 2 fully saturated rings. The lowest BCUT2D eigenvalue weighted by molar-refractivity contribution is 0.0564. The topological polar surface area (TPSA) is 130 Å². The molecular formula is C43H48FN5O5. The normalized spacial score (nSPS) is 16.7. The van der Waals surface area contributed by atoms with E-state index in [9.17, 15) is 19.8 Å². The Balaban J connectivity index is 0.832. The number of para-hydroxylation sites is 1. The summed E-state index contributed by atoms with van der Waals surface area (Å²) in [6.07, 6.45) is 1.87. The molecule has 2 aliphatic rings. The number of likely N-dealkylation sites (tertiary alicyclic amines) is 2. The number of aromatic amines is 1. The number of benzene rings is 4. The van der Waals surface area contributed by atoms with Crippen LogP contribution in [-0.2, 0) is 17.8 Å². The number of ether oxygens (including phenoxy) is 1. The van der Waals surface area contributed by atoms with Crippen LogP contribution in [0.5, 0.6) is 5.75 Å². The number of pyridine rings is 1. The summed E-state index contributed by atoms with van der Waals surface area (Å²) in [7, 11) is 0. The van der Waals surface area contributed by atoms with Crippen molar-refractivity contribution >= 4 is 22.7 Å². The van der Waals surface area contributed by atoms with Gasteiger partial charge < -0.3 is 25.3 Å². The second-order valence-corrected chi connectivity index (χ2v) is 14.5. The van der Waals surface area contributed by atoms with Crippen molar-refractivity contribution in [2.24, 2.45) is 5.92 Å². The van der Waals surface area contributed by atoms with Crippen LogP contribution in [0.25, 0.3) is 22.0 Å². The molecule has 0 radical (unpaired) electrons. The molecule has 4 aromatic carbocycles. The second-order valence-electron chi connectivity index (χ2n) is 14.5. The first-order valence-electron chi connectivity index (χ1n) is 18.9. The van der Waals surface area contributed by atoms with Gasteiger partial charge >= 0.3 is 6.09 Å². The summed E-state index contributed by atoms with van der Waals surface area (Å²) in [6.45, 7) is 5.35. The number of hydrogen-bond donors (Lipinski definition) is 5. The minimum Gasteiger partial charge on any atom is -0.506 e. The quantitative estimate of drug-likeness (QED) is 0.0949. The van der Waals surface area contributed by atoms with Gasteiger partial charge in [-0.25, -0.2) is 9.18 Å². The zero-order valence-corrected chi connectivity index (χ0v) is 30.3. The van der Waals surface area contributed by atoms with E-state index in [1.165, 1.54) is 12.1 Å². The standard InChI is InChI=1S/C43H48FN5O5/c44-41-31(27-48-21-17-29(18-22-48)25-45-26-39(51)35-13-15-38(50)42-36(35)14-16-40(52)47-42)9-6-10-32(41)28-49-23-19-33(20-24-49)54-43(53)46-37-12-5-4-11-34(37)30-7-2-1-3-8-30/h1-16,29,33,39,45,50-51H,17-28H2,(H,46,53)(H,47,52)/t39-/m1/s1. The van der Waals surface area contributed by atoms with Crippen molar-refractivity contribution in [3.05, 3.63) is 130 Å². The number of hydrogen-bond acceptors (Lipinski definition) is 8.